The number of ether oxygens (including phenoxy) is 1. The van der Waals surface area contributed by atoms with Crippen LogP contribution in [0.15, 0.2) is 23.2 Å². The zero-order valence-electron chi connectivity index (χ0n) is 14.6. The summed E-state index contributed by atoms with van der Waals surface area (Å²) in [5.41, 5.74) is 8.43. The Labute approximate surface area is 139 Å². The first-order valence-electron chi connectivity index (χ1n) is 8.55. The molecule has 3 N–H and O–H groups in total. The van der Waals surface area contributed by atoms with E-state index >= 15 is 0 Å². The monoisotopic (exact) mass is 318 g/mol. The summed E-state index contributed by atoms with van der Waals surface area (Å²) in [7, 11) is 1.71. The number of benzene rings is 1. The van der Waals surface area contributed by atoms with Gasteiger partial charge in [0.05, 0.1) is 13.7 Å². The molecule has 0 radical (unpaired) electrons. The Morgan fingerprint density at radius 2 is 2.30 bits per heavy atom. The molecular weight excluding hydrogens is 288 g/mol. The summed E-state index contributed by atoms with van der Waals surface area (Å²) in [6.45, 7) is 8.14. The van der Waals surface area contributed by atoms with Crippen molar-refractivity contribution in [1.82, 2.24) is 10.2 Å². The fourth-order valence-electron chi connectivity index (χ4n) is 3.21. The van der Waals surface area contributed by atoms with Gasteiger partial charge < -0.3 is 15.8 Å². The lowest BCUT2D eigenvalue weighted by atomic mass is 10.1. The summed E-state index contributed by atoms with van der Waals surface area (Å²) < 4.78 is 5.40. The molecule has 0 saturated carbocycles. The van der Waals surface area contributed by atoms with Gasteiger partial charge in [0.2, 0.25) is 0 Å². The Morgan fingerprint density at radius 1 is 1.48 bits per heavy atom. The van der Waals surface area contributed by atoms with Crippen molar-refractivity contribution < 1.29 is 4.74 Å². The van der Waals surface area contributed by atoms with Crippen LogP contribution in [0.25, 0.3) is 0 Å². The van der Waals surface area contributed by atoms with Crippen LogP contribution in [0.2, 0.25) is 0 Å². The fraction of sp³-hybridized carbons (Fsp3) is 0.611. The molecule has 2 rings (SSSR count). The predicted octanol–water partition coefficient (Wildman–Crippen LogP) is 1.93. The summed E-state index contributed by atoms with van der Waals surface area (Å²) in [6.07, 6.45) is 3.37. The van der Waals surface area contributed by atoms with Crippen molar-refractivity contribution in [3.05, 3.63) is 29.3 Å². The molecule has 128 valence electrons. The number of aliphatic imine (C=N–C) groups is 1. The minimum atomic E-state index is 0.541. The van der Waals surface area contributed by atoms with Crippen LogP contribution in [0.3, 0.4) is 0 Å². The highest BCUT2D eigenvalue weighted by Crippen LogP contribution is 2.19. The van der Waals surface area contributed by atoms with E-state index < -0.39 is 0 Å². The zero-order chi connectivity index (χ0) is 16.7. The standard InChI is InChI=1S/C18H30N4O/c1-4-22-11-5-6-16(22)13-21-18(19)20-10-9-15-12-14(2)7-8-17(15)23-3/h7-8,12,16H,4-6,9-11,13H2,1-3H3,(H3,19,20,21). The van der Waals surface area contributed by atoms with Crippen LogP contribution >= 0.6 is 0 Å². The maximum Gasteiger partial charge on any atom is 0.188 e. The molecule has 1 saturated heterocycles. The molecule has 0 aliphatic carbocycles. The third kappa shape index (κ3) is 5.13. The molecule has 1 fully saturated rings. The van der Waals surface area contributed by atoms with Crippen LogP contribution in [-0.4, -0.2) is 50.2 Å². The number of nitrogens with two attached hydrogens (primary N) is 1. The molecule has 0 bridgehead atoms. The van der Waals surface area contributed by atoms with Gasteiger partial charge in [-0.15, -0.1) is 0 Å². The third-order valence-electron chi connectivity index (χ3n) is 4.51. The fourth-order valence-corrected chi connectivity index (χ4v) is 3.21. The molecule has 5 nitrogen and oxygen atoms in total. The average molecular weight is 318 g/mol. The maximum atomic E-state index is 5.99. The molecule has 1 aromatic rings. The largest absolute Gasteiger partial charge is 0.496 e. The highest BCUT2D eigenvalue weighted by Gasteiger charge is 2.22. The highest BCUT2D eigenvalue weighted by molar-refractivity contribution is 5.77. The Morgan fingerprint density at radius 3 is 3.04 bits per heavy atom. The van der Waals surface area contributed by atoms with Gasteiger partial charge in [0.25, 0.3) is 0 Å². The molecule has 23 heavy (non-hydrogen) atoms. The molecule has 0 spiro atoms. The van der Waals surface area contributed by atoms with Crippen LogP contribution in [0.1, 0.15) is 30.9 Å². The Hall–Kier alpha value is -1.75. The molecule has 0 amide bonds. The number of methoxy groups -OCH3 is 1. The number of nitrogens with one attached hydrogen (secondary N) is 1. The van der Waals surface area contributed by atoms with E-state index in [-0.39, 0.29) is 0 Å². The van der Waals surface area contributed by atoms with E-state index in [4.69, 9.17) is 10.5 Å². The lowest BCUT2D eigenvalue weighted by molar-refractivity contribution is 0.273. The Kier molecular flexibility index (Phi) is 6.71. The second-order valence-corrected chi connectivity index (χ2v) is 6.14. The highest BCUT2D eigenvalue weighted by atomic mass is 16.5. The van der Waals surface area contributed by atoms with Gasteiger partial charge in [-0.1, -0.05) is 24.6 Å². The van der Waals surface area contributed by atoms with Crippen molar-refractivity contribution in [2.45, 2.75) is 39.2 Å². The summed E-state index contributed by atoms with van der Waals surface area (Å²) in [4.78, 5) is 6.99. The van der Waals surface area contributed by atoms with Gasteiger partial charge in [-0.3, -0.25) is 9.89 Å². The van der Waals surface area contributed by atoms with Gasteiger partial charge in [-0.25, -0.2) is 0 Å². The summed E-state index contributed by atoms with van der Waals surface area (Å²) in [5.74, 6) is 1.47. The number of likely N-dealkylation sites (tertiary alicyclic amines) is 1. The number of nitrogens with zero attached hydrogens (tertiary/aromatic N) is 2. The van der Waals surface area contributed by atoms with E-state index in [1.165, 1.54) is 30.5 Å². The number of hydrogen-bond acceptors (Lipinski definition) is 3. The molecule has 5 heteroatoms. The van der Waals surface area contributed by atoms with Crippen molar-refractivity contribution in [3.8, 4) is 5.75 Å². The van der Waals surface area contributed by atoms with E-state index in [0.717, 1.165) is 31.8 Å². The molecule has 0 aromatic heterocycles. The smallest absolute Gasteiger partial charge is 0.188 e. The Bertz CT molecular complexity index is 530. The van der Waals surface area contributed by atoms with Crippen molar-refractivity contribution in [3.63, 3.8) is 0 Å². The lowest BCUT2D eigenvalue weighted by Gasteiger charge is -2.21. The number of aryl methyl sites for hydroxylation is 1. The summed E-state index contributed by atoms with van der Waals surface area (Å²) in [6, 6.07) is 6.79. The van der Waals surface area contributed by atoms with Crippen LogP contribution < -0.4 is 15.8 Å². The first-order chi connectivity index (χ1) is 11.1. The van der Waals surface area contributed by atoms with E-state index in [2.05, 4.69) is 41.2 Å². The van der Waals surface area contributed by atoms with Crippen molar-refractivity contribution in [1.29, 1.82) is 0 Å². The average Bonchev–Trinajstić information content (AvgIpc) is 3.00. The van der Waals surface area contributed by atoms with Gasteiger partial charge in [0.15, 0.2) is 5.96 Å². The van der Waals surface area contributed by atoms with Crippen LogP contribution in [0, 0.1) is 6.92 Å². The number of hydrogen-bond donors (Lipinski definition) is 2. The van der Waals surface area contributed by atoms with Gasteiger partial charge in [-0.05, 0) is 50.9 Å². The number of rotatable bonds is 7. The minimum Gasteiger partial charge on any atom is -0.496 e. The quantitative estimate of drug-likeness (QED) is 0.596. The lowest BCUT2D eigenvalue weighted by Crippen LogP contribution is -2.36. The topological polar surface area (TPSA) is 62.9 Å². The van der Waals surface area contributed by atoms with E-state index in [1.807, 2.05) is 6.07 Å². The second-order valence-electron chi connectivity index (χ2n) is 6.14. The molecule has 1 aromatic carbocycles. The van der Waals surface area contributed by atoms with Gasteiger partial charge in [0.1, 0.15) is 5.75 Å². The maximum absolute atomic E-state index is 5.99. The van der Waals surface area contributed by atoms with Crippen molar-refractivity contribution >= 4 is 5.96 Å². The van der Waals surface area contributed by atoms with Gasteiger partial charge in [-0.2, -0.15) is 0 Å². The molecule has 1 heterocycles. The molecular formula is C18H30N4O. The second kappa shape index (κ2) is 8.77. The first kappa shape index (κ1) is 17.6. The molecule has 1 aliphatic heterocycles. The SMILES string of the molecule is CCN1CCCC1CN=C(N)NCCc1cc(C)ccc1OC. The summed E-state index contributed by atoms with van der Waals surface area (Å²) >= 11 is 0. The number of guanidine groups is 1. The van der Waals surface area contributed by atoms with Crippen molar-refractivity contribution in [2.75, 3.05) is 33.3 Å². The first-order valence-corrected chi connectivity index (χ1v) is 8.55. The third-order valence-corrected chi connectivity index (χ3v) is 4.51. The van der Waals surface area contributed by atoms with Gasteiger partial charge >= 0.3 is 0 Å². The number of likely N-dealkylation sites (N-methyl/N-ethyl adjacent to an activating group) is 1. The van der Waals surface area contributed by atoms with Crippen LogP contribution in [-0.2, 0) is 6.42 Å². The van der Waals surface area contributed by atoms with Crippen LogP contribution in [0.5, 0.6) is 5.75 Å². The predicted molar refractivity (Wildman–Crippen MR) is 96.2 cm³/mol. The minimum absolute atomic E-state index is 0.541. The normalized spacial score (nSPS) is 19.1. The zero-order valence-corrected chi connectivity index (χ0v) is 14.6. The summed E-state index contributed by atoms with van der Waals surface area (Å²) in [5, 5.41) is 3.21. The van der Waals surface area contributed by atoms with Crippen LogP contribution in [0.4, 0.5) is 0 Å². The van der Waals surface area contributed by atoms with Gasteiger partial charge in [0, 0.05) is 12.6 Å². The van der Waals surface area contributed by atoms with E-state index in [9.17, 15) is 0 Å². The Balaban J connectivity index is 1.79. The molecule has 1 aliphatic rings. The van der Waals surface area contributed by atoms with E-state index in [1.54, 1.807) is 7.11 Å². The molecule has 1 atom stereocenters. The van der Waals surface area contributed by atoms with E-state index in [0.29, 0.717) is 12.0 Å². The molecule has 1 unspecified atom stereocenters. The van der Waals surface area contributed by atoms with Crippen molar-refractivity contribution in [2.24, 2.45) is 10.7 Å².